The van der Waals surface area contributed by atoms with Gasteiger partial charge in [0.05, 0.1) is 18.2 Å². The summed E-state index contributed by atoms with van der Waals surface area (Å²) in [5.41, 5.74) is 9.48. The lowest BCUT2D eigenvalue weighted by atomic mass is 10.1. The predicted molar refractivity (Wildman–Crippen MR) is 65.5 cm³/mol. The minimum Gasteiger partial charge on any atom is -0.323 e. The fourth-order valence-corrected chi connectivity index (χ4v) is 1.71. The molecule has 0 radical (unpaired) electrons. The van der Waals surface area contributed by atoms with E-state index in [1.807, 2.05) is 17.1 Å². The lowest BCUT2D eigenvalue weighted by molar-refractivity contribution is 0.660. The van der Waals surface area contributed by atoms with Crippen LogP contribution in [0.1, 0.15) is 30.6 Å². The molecule has 3 heteroatoms. The predicted octanol–water partition coefficient (Wildman–Crippen LogP) is 2.59. The normalized spacial score (nSPS) is 12.7. The van der Waals surface area contributed by atoms with Crippen LogP contribution in [0.15, 0.2) is 36.8 Å². The molecule has 2 aromatic rings. The number of hydrogen-bond donors (Lipinski definition) is 1. The van der Waals surface area contributed by atoms with Gasteiger partial charge in [-0.15, -0.1) is 0 Å². The first-order valence-corrected chi connectivity index (χ1v) is 5.57. The zero-order valence-electron chi connectivity index (χ0n) is 9.72. The SMILES string of the molecule is CC[C@@H](N)c1cncn1-c1ccc(C)cc1. The van der Waals surface area contributed by atoms with Crippen molar-refractivity contribution in [1.29, 1.82) is 0 Å². The molecule has 2 rings (SSSR count). The van der Waals surface area contributed by atoms with Crippen molar-refractivity contribution in [3.63, 3.8) is 0 Å². The monoisotopic (exact) mass is 215 g/mol. The van der Waals surface area contributed by atoms with E-state index in [-0.39, 0.29) is 6.04 Å². The molecule has 0 aliphatic heterocycles. The Balaban J connectivity index is 2.40. The van der Waals surface area contributed by atoms with E-state index in [1.54, 1.807) is 0 Å². The summed E-state index contributed by atoms with van der Waals surface area (Å²) in [6.07, 6.45) is 4.57. The number of hydrogen-bond acceptors (Lipinski definition) is 2. The summed E-state index contributed by atoms with van der Waals surface area (Å²) in [5.74, 6) is 0. The highest BCUT2D eigenvalue weighted by Gasteiger charge is 2.10. The second kappa shape index (κ2) is 4.49. The topological polar surface area (TPSA) is 43.8 Å². The number of nitrogens with two attached hydrogens (primary N) is 1. The van der Waals surface area contributed by atoms with Gasteiger partial charge in [-0.05, 0) is 25.5 Å². The molecule has 0 amide bonds. The quantitative estimate of drug-likeness (QED) is 0.855. The van der Waals surface area contributed by atoms with Crippen molar-refractivity contribution in [3.8, 4) is 5.69 Å². The Kier molecular flexibility index (Phi) is 3.06. The van der Waals surface area contributed by atoms with Crippen molar-refractivity contribution in [2.75, 3.05) is 0 Å². The van der Waals surface area contributed by atoms with Gasteiger partial charge in [0.2, 0.25) is 0 Å². The zero-order valence-corrected chi connectivity index (χ0v) is 9.72. The second-order valence-corrected chi connectivity index (χ2v) is 4.04. The van der Waals surface area contributed by atoms with Gasteiger partial charge in [0.25, 0.3) is 0 Å². The average molecular weight is 215 g/mol. The molecule has 0 saturated carbocycles. The van der Waals surface area contributed by atoms with E-state index < -0.39 is 0 Å². The minimum atomic E-state index is 0.0452. The number of rotatable bonds is 3. The summed E-state index contributed by atoms with van der Waals surface area (Å²) in [5, 5.41) is 0. The van der Waals surface area contributed by atoms with E-state index >= 15 is 0 Å². The highest BCUT2D eigenvalue weighted by Crippen LogP contribution is 2.18. The molecule has 1 aromatic carbocycles. The fraction of sp³-hybridized carbons (Fsp3) is 0.308. The minimum absolute atomic E-state index is 0.0452. The molecular formula is C13H17N3. The molecule has 16 heavy (non-hydrogen) atoms. The number of benzene rings is 1. The van der Waals surface area contributed by atoms with E-state index in [0.717, 1.165) is 17.8 Å². The van der Waals surface area contributed by atoms with E-state index in [1.165, 1.54) is 5.56 Å². The van der Waals surface area contributed by atoms with Gasteiger partial charge < -0.3 is 10.3 Å². The Labute approximate surface area is 95.9 Å². The molecule has 84 valence electrons. The summed E-state index contributed by atoms with van der Waals surface area (Å²) >= 11 is 0. The Morgan fingerprint density at radius 2 is 2.00 bits per heavy atom. The Morgan fingerprint density at radius 1 is 1.31 bits per heavy atom. The van der Waals surface area contributed by atoms with Crippen LogP contribution in [0.3, 0.4) is 0 Å². The first-order chi connectivity index (χ1) is 7.72. The van der Waals surface area contributed by atoms with Crippen LogP contribution in [0.5, 0.6) is 0 Å². The standard InChI is InChI=1S/C13H17N3/c1-3-12(14)13-8-15-9-16(13)11-6-4-10(2)5-7-11/h4-9,12H,3,14H2,1-2H3/t12-/m1/s1. The number of nitrogens with zero attached hydrogens (tertiary/aromatic N) is 2. The van der Waals surface area contributed by atoms with E-state index in [4.69, 9.17) is 5.73 Å². The first kappa shape index (κ1) is 10.9. The summed E-state index contributed by atoms with van der Waals surface area (Å²) < 4.78 is 2.05. The smallest absolute Gasteiger partial charge is 0.0994 e. The van der Waals surface area contributed by atoms with E-state index in [9.17, 15) is 0 Å². The summed E-state index contributed by atoms with van der Waals surface area (Å²) in [6, 6.07) is 8.41. The summed E-state index contributed by atoms with van der Waals surface area (Å²) in [6.45, 7) is 4.16. The molecular weight excluding hydrogens is 198 g/mol. The molecule has 0 fully saturated rings. The van der Waals surface area contributed by atoms with Crippen LogP contribution in [0.2, 0.25) is 0 Å². The van der Waals surface area contributed by atoms with Gasteiger partial charge >= 0.3 is 0 Å². The number of aryl methyl sites for hydroxylation is 1. The van der Waals surface area contributed by atoms with Gasteiger partial charge in [-0.1, -0.05) is 24.6 Å². The van der Waals surface area contributed by atoms with Gasteiger partial charge in [0, 0.05) is 11.7 Å². The maximum Gasteiger partial charge on any atom is 0.0994 e. The summed E-state index contributed by atoms with van der Waals surface area (Å²) in [7, 11) is 0. The lowest BCUT2D eigenvalue weighted by Crippen LogP contribution is -2.13. The maximum absolute atomic E-state index is 6.05. The van der Waals surface area contributed by atoms with Crippen molar-refractivity contribution in [1.82, 2.24) is 9.55 Å². The van der Waals surface area contributed by atoms with Crippen molar-refractivity contribution in [3.05, 3.63) is 48.0 Å². The fourth-order valence-electron chi connectivity index (χ4n) is 1.71. The van der Waals surface area contributed by atoms with Crippen LogP contribution in [-0.2, 0) is 0 Å². The molecule has 2 N–H and O–H groups in total. The third-order valence-electron chi connectivity index (χ3n) is 2.80. The number of aromatic nitrogens is 2. The van der Waals surface area contributed by atoms with Gasteiger partial charge in [-0.25, -0.2) is 4.98 Å². The van der Waals surface area contributed by atoms with Crippen LogP contribution in [0.4, 0.5) is 0 Å². The highest BCUT2D eigenvalue weighted by atomic mass is 15.1. The van der Waals surface area contributed by atoms with Crippen molar-refractivity contribution >= 4 is 0 Å². The highest BCUT2D eigenvalue weighted by molar-refractivity contribution is 5.36. The molecule has 0 saturated heterocycles. The van der Waals surface area contributed by atoms with Crippen molar-refractivity contribution in [2.45, 2.75) is 26.3 Å². The Hall–Kier alpha value is -1.61. The zero-order chi connectivity index (χ0) is 11.5. The molecule has 1 heterocycles. The Bertz CT molecular complexity index is 456. The largest absolute Gasteiger partial charge is 0.323 e. The van der Waals surface area contributed by atoms with Crippen molar-refractivity contribution < 1.29 is 0 Å². The molecule has 0 unspecified atom stereocenters. The Morgan fingerprint density at radius 3 is 2.62 bits per heavy atom. The van der Waals surface area contributed by atoms with Crippen LogP contribution in [0, 0.1) is 6.92 Å². The van der Waals surface area contributed by atoms with Crippen LogP contribution < -0.4 is 5.73 Å². The maximum atomic E-state index is 6.05. The average Bonchev–Trinajstić information content (AvgIpc) is 2.78. The molecule has 3 nitrogen and oxygen atoms in total. The first-order valence-electron chi connectivity index (χ1n) is 5.57. The molecule has 1 atom stereocenters. The second-order valence-electron chi connectivity index (χ2n) is 4.04. The summed E-state index contributed by atoms with van der Waals surface area (Å²) in [4.78, 5) is 4.17. The third-order valence-corrected chi connectivity index (χ3v) is 2.80. The van der Waals surface area contributed by atoms with Gasteiger partial charge in [-0.2, -0.15) is 0 Å². The molecule has 0 aliphatic carbocycles. The van der Waals surface area contributed by atoms with E-state index in [0.29, 0.717) is 0 Å². The van der Waals surface area contributed by atoms with Crippen molar-refractivity contribution in [2.24, 2.45) is 5.73 Å². The molecule has 1 aromatic heterocycles. The molecule has 0 aliphatic rings. The third kappa shape index (κ3) is 1.99. The molecule has 0 bridgehead atoms. The van der Waals surface area contributed by atoms with Gasteiger partial charge in [-0.3, -0.25) is 0 Å². The number of imidazole rings is 1. The molecule has 0 spiro atoms. The van der Waals surface area contributed by atoms with Gasteiger partial charge in [0.15, 0.2) is 0 Å². The van der Waals surface area contributed by atoms with Gasteiger partial charge in [0.1, 0.15) is 0 Å². The van der Waals surface area contributed by atoms with Crippen LogP contribution >= 0.6 is 0 Å². The van der Waals surface area contributed by atoms with E-state index in [2.05, 4.69) is 43.1 Å². The van der Waals surface area contributed by atoms with Crippen LogP contribution in [0.25, 0.3) is 5.69 Å². The van der Waals surface area contributed by atoms with Crippen LogP contribution in [-0.4, -0.2) is 9.55 Å². The lowest BCUT2D eigenvalue weighted by Gasteiger charge is -2.12.